The van der Waals surface area contributed by atoms with Crippen molar-refractivity contribution in [2.45, 2.75) is 5.92 Å². The molecule has 0 saturated carbocycles. The maximum Gasteiger partial charge on any atom is 0.412 e. The largest absolute Gasteiger partial charge is 0.448 e. The van der Waals surface area contributed by atoms with Gasteiger partial charge in [0.25, 0.3) is 0 Å². The lowest BCUT2D eigenvalue weighted by Gasteiger charge is -2.14. The number of ether oxygens (including phenoxy) is 1. The van der Waals surface area contributed by atoms with Gasteiger partial charge >= 0.3 is 11.8 Å². The Morgan fingerprint density at radius 3 is 2.32 bits per heavy atom. The Labute approximate surface area is 143 Å². The number of anilines is 1. The molecule has 2 N–H and O–H groups in total. The first kappa shape index (κ1) is 15.1. The summed E-state index contributed by atoms with van der Waals surface area (Å²) in [5.41, 5.74) is 4.11. The lowest BCUT2D eigenvalue weighted by atomic mass is 9.98. The minimum Gasteiger partial charge on any atom is -0.448 e. The molecule has 0 spiro atoms. The van der Waals surface area contributed by atoms with E-state index in [0.717, 1.165) is 11.1 Å². The third-order valence-corrected chi connectivity index (χ3v) is 4.26. The van der Waals surface area contributed by atoms with Crippen molar-refractivity contribution in [2.24, 2.45) is 0 Å². The Hall–Kier alpha value is -3.41. The minimum absolute atomic E-state index is 0.00496. The van der Waals surface area contributed by atoms with Gasteiger partial charge in [-0.2, -0.15) is 0 Å². The number of carbonyl (C=O) groups is 1. The highest BCUT2D eigenvalue weighted by molar-refractivity contribution is 5.83. The zero-order chi connectivity index (χ0) is 17.2. The summed E-state index contributed by atoms with van der Waals surface area (Å²) in [4.78, 5) is 29.1. The highest BCUT2D eigenvalue weighted by atomic mass is 16.5. The first-order valence-electron chi connectivity index (χ1n) is 7.90. The number of nitrogens with one attached hydrogen (secondary N) is 2. The van der Waals surface area contributed by atoms with Crippen LogP contribution >= 0.6 is 0 Å². The quantitative estimate of drug-likeness (QED) is 0.771. The number of aromatic amines is 1. The van der Waals surface area contributed by atoms with Crippen molar-refractivity contribution in [3.63, 3.8) is 0 Å². The number of nitrogens with zero attached hydrogens (tertiary/aromatic N) is 1. The highest BCUT2D eigenvalue weighted by Gasteiger charge is 2.28. The lowest BCUT2D eigenvalue weighted by molar-refractivity contribution is 0.158. The van der Waals surface area contributed by atoms with Crippen LogP contribution in [0.25, 0.3) is 11.1 Å². The number of rotatable bonds is 3. The second-order valence-corrected chi connectivity index (χ2v) is 5.74. The summed E-state index contributed by atoms with van der Waals surface area (Å²) >= 11 is 0. The number of benzene rings is 2. The van der Waals surface area contributed by atoms with Gasteiger partial charge in [-0.1, -0.05) is 48.5 Å². The van der Waals surface area contributed by atoms with Gasteiger partial charge in [0.1, 0.15) is 12.4 Å². The van der Waals surface area contributed by atoms with E-state index >= 15 is 0 Å². The van der Waals surface area contributed by atoms with E-state index in [9.17, 15) is 9.59 Å². The first-order valence-corrected chi connectivity index (χ1v) is 7.90. The summed E-state index contributed by atoms with van der Waals surface area (Å²) in [6.07, 6.45) is 0.696. The van der Waals surface area contributed by atoms with E-state index in [1.807, 2.05) is 24.3 Å². The van der Waals surface area contributed by atoms with Crippen molar-refractivity contribution >= 4 is 11.9 Å². The van der Waals surface area contributed by atoms with Gasteiger partial charge in [-0.15, -0.1) is 0 Å². The third kappa shape index (κ3) is 2.89. The molecule has 0 atom stereocenters. The molecule has 0 saturated heterocycles. The van der Waals surface area contributed by atoms with Crippen molar-refractivity contribution in [3.05, 3.63) is 82.4 Å². The van der Waals surface area contributed by atoms with E-state index in [-0.39, 0.29) is 18.3 Å². The van der Waals surface area contributed by atoms with E-state index in [4.69, 9.17) is 4.74 Å². The maximum absolute atomic E-state index is 12.0. The summed E-state index contributed by atoms with van der Waals surface area (Å²) in [6.45, 7) is 0.217. The van der Waals surface area contributed by atoms with Crippen molar-refractivity contribution in [3.8, 4) is 11.1 Å². The van der Waals surface area contributed by atoms with E-state index in [1.165, 1.54) is 23.4 Å². The number of hydrogen-bond acceptors (Lipinski definition) is 4. The molecule has 0 radical (unpaired) electrons. The third-order valence-electron chi connectivity index (χ3n) is 4.26. The summed E-state index contributed by atoms with van der Waals surface area (Å²) in [6, 6.07) is 17.7. The summed E-state index contributed by atoms with van der Waals surface area (Å²) in [5, 5.41) is 2.50. The average Bonchev–Trinajstić information content (AvgIpc) is 2.94. The fourth-order valence-corrected chi connectivity index (χ4v) is 3.19. The van der Waals surface area contributed by atoms with Gasteiger partial charge in [-0.05, 0) is 28.3 Å². The Morgan fingerprint density at radius 2 is 1.68 bits per heavy atom. The van der Waals surface area contributed by atoms with Crippen molar-refractivity contribution in [2.75, 3.05) is 11.9 Å². The number of H-pyrrole nitrogens is 1. The molecule has 3 aromatic rings. The van der Waals surface area contributed by atoms with Gasteiger partial charge in [-0.25, -0.2) is 14.6 Å². The number of aromatic nitrogens is 2. The normalized spacial score (nSPS) is 12.3. The number of hydrogen-bond donors (Lipinski definition) is 2. The van der Waals surface area contributed by atoms with Crippen LogP contribution in [-0.4, -0.2) is 22.7 Å². The maximum atomic E-state index is 12.0. The molecule has 1 aromatic heterocycles. The molecular weight excluding hydrogens is 318 g/mol. The molecule has 6 heteroatoms. The van der Waals surface area contributed by atoms with E-state index in [2.05, 4.69) is 39.6 Å². The average molecular weight is 333 g/mol. The van der Waals surface area contributed by atoms with Crippen molar-refractivity contribution < 1.29 is 9.53 Å². The summed E-state index contributed by atoms with van der Waals surface area (Å²) in [5.74, 6) is 0.242. The SMILES string of the molecule is O=C(Nc1ccnc(=O)[nH]1)OCC1c2ccccc2-c2ccccc21. The topological polar surface area (TPSA) is 84.1 Å². The predicted molar refractivity (Wildman–Crippen MR) is 93.5 cm³/mol. The van der Waals surface area contributed by atoms with Crippen molar-refractivity contribution in [1.29, 1.82) is 0 Å². The number of amides is 1. The van der Waals surface area contributed by atoms with Gasteiger partial charge in [0, 0.05) is 12.1 Å². The molecule has 0 bridgehead atoms. The highest BCUT2D eigenvalue weighted by Crippen LogP contribution is 2.44. The van der Waals surface area contributed by atoms with Crippen LogP contribution in [0.2, 0.25) is 0 Å². The molecule has 1 aliphatic carbocycles. The summed E-state index contributed by atoms with van der Waals surface area (Å²) < 4.78 is 5.39. The van der Waals surface area contributed by atoms with Gasteiger partial charge < -0.3 is 4.74 Å². The summed E-state index contributed by atoms with van der Waals surface area (Å²) in [7, 11) is 0. The first-order chi connectivity index (χ1) is 12.2. The predicted octanol–water partition coefficient (Wildman–Crippen LogP) is 3.13. The molecule has 25 heavy (non-hydrogen) atoms. The van der Waals surface area contributed by atoms with E-state index in [0.29, 0.717) is 0 Å². The van der Waals surface area contributed by atoms with Gasteiger partial charge in [-0.3, -0.25) is 10.3 Å². The molecule has 0 fully saturated rings. The molecule has 1 heterocycles. The Morgan fingerprint density at radius 1 is 1.04 bits per heavy atom. The molecule has 0 unspecified atom stereocenters. The molecular formula is C19H15N3O3. The van der Waals surface area contributed by atoms with Crippen LogP contribution in [0, 0.1) is 0 Å². The van der Waals surface area contributed by atoms with Crippen LogP contribution in [0.5, 0.6) is 0 Å². The molecule has 124 valence electrons. The lowest BCUT2D eigenvalue weighted by Crippen LogP contribution is -2.20. The molecule has 1 aliphatic rings. The van der Waals surface area contributed by atoms with Crippen LogP contribution in [0.15, 0.2) is 65.6 Å². The number of fused-ring (bicyclic) bond motifs is 3. The van der Waals surface area contributed by atoms with Crippen LogP contribution in [-0.2, 0) is 4.74 Å². The Balaban J connectivity index is 1.51. The fraction of sp³-hybridized carbons (Fsp3) is 0.105. The number of carbonyl (C=O) groups excluding carboxylic acids is 1. The molecule has 6 nitrogen and oxygen atoms in total. The van der Waals surface area contributed by atoms with E-state index < -0.39 is 11.8 Å². The fourth-order valence-electron chi connectivity index (χ4n) is 3.19. The Kier molecular flexibility index (Phi) is 3.78. The molecule has 0 aliphatic heterocycles. The second kappa shape index (κ2) is 6.24. The van der Waals surface area contributed by atoms with Crippen LogP contribution in [0.4, 0.5) is 10.6 Å². The smallest absolute Gasteiger partial charge is 0.412 e. The van der Waals surface area contributed by atoms with Crippen LogP contribution < -0.4 is 11.0 Å². The molecule has 2 aromatic carbocycles. The van der Waals surface area contributed by atoms with Gasteiger partial charge in [0.2, 0.25) is 0 Å². The standard InChI is InChI=1S/C19H15N3O3/c23-18-20-10-9-17(21-18)22-19(24)25-11-16-14-7-3-1-5-12(14)13-6-2-4-8-15(13)16/h1-10,16H,11H2,(H2,20,21,22,23,24). The van der Waals surface area contributed by atoms with E-state index in [1.54, 1.807) is 0 Å². The zero-order valence-corrected chi connectivity index (χ0v) is 13.2. The van der Waals surface area contributed by atoms with Crippen LogP contribution in [0.1, 0.15) is 17.0 Å². The minimum atomic E-state index is -0.622. The van der Waals surface area contributed by atoms with Crippen LogP contribution in [0.3, 0.4) is 0 Å². The molecule has 1 amide bonds. The monoisotopic (exact) mass is 333 g/mol. The molecule has 4 rings (SSSR count). The zero-order valence-electron chi connectivity index (χ0n) is 13.2. The van der Waals surface area contributed by atoms with Gasteiger partial charge in [0.05, 0.1) is 0 Å². The van der Waals surface area contributed by atoms with Crippen molar-refractivity contribution in [1.82, 2.24) is 9.97 Å². The Bertz CT molecular complexity index is 951. The second-order valence-electron chi connectivity index (χ2n) is 5.74. The van der Waals surface area contributed by atoms with Gasteiger partial charge in [0.15, 0.2) is 0 Å².